The van der Waals surface area contributed by atoms with Gasteiger partial charge in [0.25, 0.3) is 0 Å². The number of carbonyl (C=O) groups excluding carboxylic acids is 1. The molecule has 32 heavy (non-hydrogen) atoms. The largest absolute Gasteiger partial charge is 0.443 e. The van der Waals surface area contributed by atoms with E-state index in [1.807, 2.05) is 31.2 Å². The minimum Gasteiger partial charge on any atom is -0.443 e. The number of guanidine groups is 1. The number of halogens is 1. The molecule has 0 aliphatic heterocycles. The Labute approximate surface area is 208 Å². The summed E-state index contributed by atoms with van der Waals surface area (Å²) in [5.74, 6) is 2.47. The predicted molar refractivity (Wildman–Crippen MR) is 139 cm³/mol. The van der Waals surface area contributed by atoms with E-state index in [9.17, 15) is 4.79 Å². The summed E-state index contributed by atoms with van der Waals surface area (Å²) in [5.41, 5.74) is 1.80. The zero-order valence-corrected chi connectivity index (χ0v) is 21.9. The Morgan fingerprint density at radius 1 is 1.22 bits per heavy atom. The maximum absolute atomic E-state index is 12.4. The van der Waals surface area contributed by atoms with Crippen molar-refractivity contribution in [1.82, 2.24) is 15.6 Å². The molecule has 0 spiro atoms. The van der Waals surface area contributed by atoms with Crippen LogP contribution in [0.4, 0.5) is 5.69 Å². The Morgan fingerprint density at radius 3 is 2.62 bits per heavy atom. The van der Waals surface area contributed by atoms with E-state index in [4.69, 9.17) is 4.42 Å². The fourth-order valence-corrected chi connectivity index (χ4v) is 3.59. The summed E-state index contributed by atoms with van der Waals surface area (Å²) in [6.45, 7) is 10.0. The second kappa shape index (κ2) is 12.2. The number of oxazole rings is 1. The molecule has 1 amide bonds. The molecule has 176 valence electrons. The third-order valence-corrected chi connectivity index (χ3v) is 5.38. The van der Waals surface area contributed by atoms with Crippen LogP contribution in [-0.2, 0) is 23.3 Å². The van der Waals surface area contributed by atoms with Crippen LogP contribution in [0.25, 0.3) is 0 Å². The molecule has 7 nitrogen and oxygen atoms in total. The molecule has 1 heterocycles. The van der Waals surface area contributed by atoms with Gasteiger partial charge in [-0.15, -0.1) is 24.0 Å². The molecule has 1 aromatic carbocycles. The summed E-state index contributed by atoms with van der Waals surface area (Å²) in [5, 5.41) is 9.57. The van der Waals surface area contributed by atoms with Crippen molar-refractivity contribution in [2.24, 2.45) is 10.9 Å². The Bertz CT molecular complexity index is 898. The van der Waals surface area contributed by atoms with E-state index >= 15 is 0 Å². The zero-order chi connectivity index (χ0) is 22.3. The van der Waals surface area contributed by atoms with Gasteiger partial charge in [-0.1, -0.05) is 45.7 Å². The highest BCUT2D eigenvalue weighted by atomic mass is 127. The molecule has 1 saturated carbocycles. The smallest absolute Gasteiger partial charge is 0.227 e. The van der Waals surface area contributed by atoms with Crippen molar-refractivity contribution >= 4 is 41.5 Å². The van der Waals surface area contributed by atoms with Crippen LogP contribution in [0, 0.1) is 5.92 Å². The van der Waals surface area contributed by atoms with Gasteiger partial charge in [0.15, 0.2) is 5.96 Å². The quantitative estimate of drug-likeness (QED) is 0.256. The first-order valence-corrected chi connectivity index (χ1v) is 11.2. The van der Waals surface area contributed by atoms with E-state index in [1.54, 1.807) is 6.20 Å². The number of nitrogens with zero attached hydrogens (tertiary/aromatic N) is 2. The third kappa shape index (κ3) is 7.79. The van der Waals surface area contributed by atoms with Crippen molar-refractivity contribution in [3.8, 4) is 0 Å². The molecule has 1 aliphatic carbocycles. The van der Waals surface area contributed by atoms with Crippen molar-refractivity contribution in [3.05, 3.63) is 47.7 Å². The minimum absolute atomic E-state index is 0. The van der Waals surface area contributed by atoms with Crippen LogP contribution in [0.5, 0.6) is 0 Å². The standard InChI is InChI=1S/C24H35N5O2.HI/c1-5-25-23(28-16-21-26-15-20(31-21)24(2,3)4)27-14-17-9-8-12-19(13-17)29-22(30)18-10-6-7-11-18;/h8-9,12-13,15,18H,5-7,10-11,14,16H2,1-4H3,(H,29,30)(H2,25,27,28);1H. The van der Waals surface area contributed by atoms with Crippen LogP contribution in [0.1, 0.15) is 70.6 Å². The number of nitrogens with one attached hydrogen (secondary N) is 3. The van der Waals surface area contributed by atoms with Gasteiger partial charge in [-0.05, 0) is 37.5 Å². The monoisotopic (exact) mass is 553 g/mol. The highest BCUT2D eigenvalue weighted by molar-refractivity contribution is 14.0. The summed E-state index contributed by atoms with van der Waals surface area (Å²) in [6, 6.07) is 7.89. The third-order valence-electron chi connectivity index (χ3n) is 5.38. The number of amides is 1. The van der Waals surface area contributed by atoms with E-state index in [2.05, 4.69) is 46.7 Å². The van der Waals surface area contributed by atoms with Crippen LogP contribution in [0.15, 0.2) is 39.9 Å². The first-order chi connectivity index (χ1) is 14.8. The maximum Gasteiger partial charge on any atom is 0.227 e. The molecule has 0 radical (unpaired) electrons. The molecule has 0 atom stereocenters. The molecular weight excluding hydrogens is 517 g/mol. The number of anilines is 1. The second-order valence-corrected chi connectivity index (χ2v) is 9.09. The first-order valence-electron chi connectivity index (χ1n) is 11.2. The van der Waals surface area contributed by atoms with Crippen LogP contribution in [0.2, 0.25) is 0 Å². The number of rotatable bonds is 7. The van der Waals surface area contributed by atoms with E-state index in [0.29, 0.717) is 24.9 Å². The Hall–Kier alpha value is -2.10. The summed E-state index contributed by atoms with van der Waals surface area (Å²) in [6.07, 6.45) is 6.08. The van der Waals surface area contributed by atoms with Gasteiger partial charge in [-0.2, -0.15) is 0 Å². The fraction of sp³-hybridized carbons (Fsp3) is 0.542. The van der Waals surface area contributed by atoms with E-state index in [-0.39, 0.29) is 41.2 Å². The van der Waals surface area contributed by atoms with Crippen molar-refractivity contribution in [2.45, 2.75) is 71.9 Å². The summed E-state index contributed by atoms with van der Waals surface area (Å²) in [4.78, 5) is 21.4. The zero-order valence-electron chi connectivity index (χ0n) is 19.5. The number of carbonyl (C=O) groups is 1. The molecule has 2 aromatic rings. The molecule has 8 heteroatoms. The van der Waals surface area contributed by atoms with E-state index < -0.39 is 0 Å². The maximum atomic E-state index is 12.4. The molecule has 1 aliphatic rings. The van der Waals surface area contributed by atoms with Crippen molar-refractivity contribution in [3.63, 3.8) is 0 Å². The topological polar surface area (TPSA) is 91.5 Å². The molecule has 0 unspecified atom stereocenters. The minimum atomic E-state index is -0.0674. The lowest BCUT2D eigenvalue weighted by Crippen LogP contribution is -2.36. The molecule has 0 bridgehead atoms. The van der Waals surface area contributed by atoms with Gasteiger partial charge < -0.3 is 20.4 Å². The Morgan fingerprint density at radius 2 is 1.97 bits per heavy atom. The molecule has 1 aromatic heterocycles. The van der Waals surface area contributed by atoms with Crippen LogP contribution in [-0.4, -0.2) is 23.4 Å². The second-order valence-electron chi connectivity index (χ2n) is 9.09. The van der Waals surface area contributed by atoms with Gasteiger partial charge in [-0.3, -0.25) is 4.79 Å². The predicted octanol–water partition coefficient (Wildman–Crippen LogP) is 4.97. The van der Waals surface area contributed by atoms with Crippen LogP contribution >= 0.6 is 24.0 Å². The fourth-order valence-electron chi connectivity index (χ4n) is 3.59. The van der Waals surface area contributed by atoms with Gasteiger partial charge >= 0.3 is 0 Å². The lowest BCUT2D eigenvalue weighted by molar-refractivity contribution is -0.119. The molecule has 3 rings (SSSR count). The van der Waals surface area contributed by atoms with Crippen LogP contribution < -0.4 is 16.0 Å². The Balaban J connectivity index is 0.00000363. The average molecular weight is 553 g/mol. The van der Waals surface area contributed by atoms with Gasteiger partial charge in [0.05, 0.1) is 19.3 Å². The summed E-state index contributed by atoms with van der Waals surface area (Å²) in [7, 11) is 0. The number of hydrogen-bond donors (Lipinski definition) is 3. The van der Waals surface area contributed by atoms with Crippen molar-refractivity contribution < 1.29 is 9.21 Å². The number of aromatic nitrogens is 1. The molecule has 0 saturated heterocycles. The van der Waals surface area contributed by atoms with Gasteiger partial charge in [0.2, 0.25) is 11.8 Å². The average Bonchev–Trinajstić information content (AvgIpc) is 3.42. The lowest BCUT2D eigenvalue weighted by atomic mass is 9.94. The van der Waals surface area contributed by atoms with Crippen LogP contribution in [0.3, 0.4) is 0 Å². The van der Waals surface area contributed by atoms with E-state index in [0.717, 1.165) is 49.2 Å². The van der Waals surface area contributed by atoms with Gasteiger partial charge in [-0.25, -0.2) is 9.98 Å². The molecular formula is C24H36IN5O2. The Kier molecular flexibility index (Phi) is 9.99. The number of benzene rings is 1. The highest BCUT2D eigenvalue weighted by Gasteiger charge is 2.22. The highest BCUT2D eigenvalue weighted by Crippen LogP contribution is 2.26. The summed E-state index contributed by atoms with van der Waals surface area (Å²) < 4.78 is 5.84. The van der Waals surface area contributed by atoms with E-state index in [1.165, 1.54) is 0 Å². The first kappa shape index (κ1) is 26.2. The SMILES string of the molecule is CCNC(=NCc1cccc(NC(=O)C2CCCC2)c1)NCc1ncc(C(C)(C)C)o1.I. The van der Waals surface area contributed by atoms with Crippen molar-refractivity contribution in [2.75, 3.05) is 11.9 Å². The lowest BCUT2D eigenvalue weighted by Gasteiger charge is -2.13. The molecule has 1 fully saturated rings. The normalized spacial score (nSPS) is 14.7. The van der Waals surface area contributed by atoms with Gasteiger partial charge in [0, 0.05) is 23.6 Å². The van der Waals surface area contributed by atoms with Crippen molar-refractivity contribution in [1.29, 1.82) is 0 Å². The number of aliphatic imine (C=N–C) groups is 1. The summed E-state index contributed by atoms with van der Waals surface area (Å²) >= 11 is 0. The molecule has 3 N–H and O–H groups in total. The number of hydrogen-bond acceptors (Lipinski definition) is 4. The van der Waals surface area contributed by atoms with Gasteiger partial charge in [0.1, 0.15) is 5.76 Å².